The van der Waals surface area contributed by atoms with Gasteiger partial charge in [-0.15, -0.1) is 0 Å². The van der Waals surface area contributed by atoms with E-state index in [1.807, 2.05) is 72.8 Å². The van der Waals surface area contributed by atoms with Gasteiger partial charge in [-0.05, 0) is 85.8 Å². The monoisotopic (exact) mass is 987 g/mol. The molecule has 3 heterocycles. The molecule has 2 aromatic heterocycles. The summed E-state index contributed by atoms with van der Waals surface area (Å²) in [5.74, 6) is 1.20. The standard InChI is InChI=1S/C53H66N7O8PSi/c1-35(2)60(36(3)4)69(65-32-18-31-54)68-45-44(61)50(59-34-57-43-47(55-33-56-48(43)59)58-49(62)37-19-14-12-15-20-37)66-46(45)51(70(10,11)52(5,6)7)67-53(38-21-16-13-17-22-38,39-23-27-41(63-8)28-24-39)40-25-29-42(64-9)30-26-40/h12-17,19-30,33-36,44-46,50-51,61H,18,32H2,1-11H3,(H,55,56,58,62)/t44-,45-,46-,50+,51?,69?/m0/s1. The van der Waals surface area contributed by atoms with E-state index in [-0.39, 0.29) is 41.9 Å². The fourth-order valence-electron chi connectivity index (χ4n) is 8.84. The summed E-state index contributed by atoms with van der Waals surface area (Å²) in [5.41, 5.74) is 1.56. The molecule has 1 aliphatic heterocycles. The van der Waals surface area contributed by atoms with Crippen LogP contribution in [0.3, 0.4) is 0 Å². The van der Waals surface area contributed by atoms with Crippen molar-refractivity contribution in [3.05, 3.63) is 144 Å². The van der Waals surface area contributed by atoms with E-state index in [2.05, 4.69) is 99.7 Å². The maximum absolute atomic E-state index is 13.4. The lowest BCUT2D eigenvalue weighted by molar-refractivity contribution is -0.116. The number of carbonyl (C=O) groups is 1. The average molecular weight is 988 g/mol. The summed E-state index contributed by atoms with van der Waals surface area (Å²) in [7, 11) is -1.51. The Morgan fingerprint density at radius 2 is 1.41 bits per heavy atom. The molecule has 1 saturated heterocycles. The Labute approximate surface area is 414 Å². The van der Waals surface area contributed by atoms with Gasteiger partial charge in [0.1, 0.15) is 41.7 Å². The fraction of sp³-hybridized carbons (Fsp3) is 0.415. The van der Waals surface area contributed by atoms with Crippen molar-refractivity contribution in [2.45, 2.75) is 121 Å². The number of benzene rings is 4. The Morgan fingerprint density at radius 3 is 1.94 bits per heavy atom. The number of hydrogen-bond donors (Lipinski definition) is 2. The summed E-state index contributed by atoms with van der Waals surface area (Å²) < 4.78 is 44.5. The van der Waals surface area contributed by atoms with Crippen LogP contribution in [0, 0.1) is 11.3 Å². The largest absolute Gasteiger partial charge is 0.497 e. The number of nitrogens with one attached hydrogen (secondary N) is 1. The first-order valence-corrected chi connectivity index (χ1v) is 27.8. The second-order valence-corrected chi connectivity index (χ2v) is 26.4. The maximum atomic E-state index is 13.4. The van der Waals surface area contributed by atoms with Crippen LogP contribution in [0.15, 0.2) is 122 Å². The maximum Gasteiger partial charge on any atom is 0.259 e. The number of nitriles is 1. The number of aliphatic hydroxyl groups excluding tert-OH is 1. The minimum absolute atomic E-state index is 0.0379. The molecule has 7 rings (SSSR count). The summed E-state index contributed by atoms with van der Waals surface area (Å²) in [6.07, 6.45) is -1.48. The van der Waals surface area contributed by atoms with Crippen LogP contribution in [0.5, 0.6) is 11.5 Å². The molecule has 15 nitrogen and oxygen atoms in total. The number of nitrogens with zero attached hydrogens (tertiary/aromatic N) is 6. The number of imidazole rings is 1. The number of aromatic nitrogens is 4. The second kappa shape index (κ2) is 22.2. The summed E-state index contributed by atoms with van der Waals surface area (Å²) in [6.45, 7) is 19.6. The molecular weight excluding hydrogens is 922 g/mol. The number of hydrogen-bond acceptors (Lipinski definition) is 13. The third kappa shape index (κ3) is 10.7. The molecule has 370 valence electrons. The van der Waals surface area contributed by atoms with Gasteiger partial charge in [-0.2, -0.15) is 5.26 Å². The molecule has 6 atom stereocenters. The Bertz CT molecular complexity index is 2640. The highest BCUT2D eigenvalue weighted by Gasteiger charge is 2.60. The summed E-state index contributed by atoms with van der Waals surface area (Å²) in [5, 5.41) is 25.3. The molecular formula is C53H66N7O8PSi. The Hall–Kier alpha value is -5.60. The molecule has 1 aliphatic rings. The van der Waals surface area contributed by atoms with E-state index in [1.54, 1.807) is 43.1 Å². The number of rotatable bonds is 20. The molecule has 0 saturated carbocycles. The number of amides is 1. The molecule has 70 heavy (non-hydrogen) atoms. The van der Waals surface area contributed by atoms with E-state index in [4.69, 9.17) is 33.0 Å². The zero-order valence-corrected chi connectivity index (χ0v) is 43.8. The van der Waals surface area contributed by atoms with Gasteiger partial charge >= 0.3 is 0 Å². The van der Waals surface area contributed by atoms with Crippen LogP contribution in [0.4, 0.5) is 5.82 Å². The zero-order valence-electron chi connectivity index (χ0n) is 41.9. The molecule has 0 radical (unpaired) electrons. The quantitative estimate of drug-likeness (QED) is 0.0320. The first-order chi connectivity index (χ1) is 33.5. The fourth-order valence-corrected chi connectivity index (χ4v) is 13.0. The number of carbonyl (C=O) groups excluding carboxylic acids is 1. The van der Waals surface area contributed by atoms with Gasteiger partial charge in [-0.3, -0.25) is 9.36 Å². The SMILES string of the molecule is COc1ccc(C(OC([C@H]2O[C@@H](n3cnc4c(NC(=O)c5ccccc5)ncnc43)[C@@H](O)[C@@H]2OP(OCCC#N)N(C(C)C)C(C)C)[Si](C)(C)C(C)(C)C)(c2ccccc2)c2ccc(OC)cc2)cc1. The van der Waals surface area contributed by atoms with Crippen LogP contribution in [-0.2, 0) is 24.1 Å². The third-order valence-electron chi connectivity index (χ3n) is 13.4. The van der Waals surface area contributed by atoms with Crippen LogP contribution in [-0.4, -0.2) is 100 Å². The summed E-state index contributed by atoms with van der Waals surface area (Å²) in [4.78, 5) is 27.2. The molecule has 0 spiro atoms. The van der Waals surface area contributed by atoms with Crippen molar-refractivity contribution >= 4 is 39.5 Å². The Morgan fingerprint density at radius 1 is 0.857 bits per heavy atom. The van der Waals surface area contributed by atoms with Gasteiger partial charge in [-0.1, -0.05) is 107 Å². The molecule has 4 aromatic carbocycles. The van der Waals surface area contributed by atoms with E-state index in [0.29, 0.717) is 28.2 Å². The van der Waals surface area contributed by atoms with Crippen LogP contribution < -0.4 is 14.8 Å². The van der Waals surface area contributed by atoms with Gasteiger partial charge in [0.05, 0.1) is 53.4 Å². The highest BCUT2D eigenvalue weighted by atomic mass is 31.2. The first-order valence-electron chi connectivity index (χ1n) is 23.6. The van der Waals surface area contributed by atoms with Gasteiger partial charge in [-0.25, -0.2) is 19.6 Å². The molecule has 0 aliphatic carbocycles. The lowest BCUT2D eigenvalue weighted by atomic mass is 9.80. The number of ether oxygens (including phenoxy) is 4. The van der Waals surface area contributed by atoms with Gasteiger partial charge in [0.25, 0.3) is 14.4 Å². The molecule has 1 fully saturated rings. The van der Waals surface area contributed by atoms with E-state index in [1.165, 1.54) is 12.7 Å². The van der Waals surface area contributed by atoms with Crippen LogP contribution >= 0.6 is 8.53 Å². The van der Waals surface area contributed by atoms with Crippen molar-refractivity contribution < 1.29 is 37.9 Å². The van der Waals surface area contributed by atoms with E-state index in [9.17, 15) is 15.2 Å². The molecule has 1 amide bonds. The lowest BCUT2D eigenvalue weighted by Gasteiger charge is -2.50. The van der Waals surface area contributed by atoms with Gasteiger partial charge in [0.15, 0.2) is 23.2 Å². The number of anilines is 1. The van der Waals surface area contributed by atoms with Crippen molar-refractivity contribution in [3.8, 4) is 17.6 Å². The predicted octanol–water partition coefficient (Wildman–Crippen LogP) is 10.4. The number of fused-ring (bicyclic) bond motifs is 1. The average Bonchev–Trinajstić information content (AvgIpc) is 3.92. The number of aliphatic hydroxyl groups is 1. The lowest BCUT2D eigenvalue weighted by Crippen LogP contribution is -2.61. The minimum atomic E-state index is -2.87. The van der Waals surface area contributed by atoms with Crippen molar-refractivity contribution in [1.82, 2.24) is 24.2 Å². The molecule has 6 aromatic rings. The van der Waals surface area contributed by atoms with Crippen molar-refractivity contribution in [2.75, 3.05) is 26.1 Å². The molecule has 2 unspecified atom stereocenters. The Balaban J connectivity index is 1.45. The van der Waals surface area contributed by atoms with E-state index < -0.39 is 52.5 Å². The highest BCUT2D eigenvalue weighted by molar-refractivity contribution is 7.44. The van der Waals surface area contributed by atoms with Gasteiger partial charge in [0, 0.05) is 17.6 Å². The predicted molar refractivity (Wildman–Crippen MR) is 274 cm³/mol. The van der Waals surface area contributed by atoms with Crippen molar-refractivity contribution in [2.24, 2.45) is 0 Å². The Kier molecular flexibility index (Phi) is 16.6. The van der Waals surface area contributed by atoms with E-state index >= 15 is 0 Å². The smallest absolute Gasteiger partial charge is 0.259 e. The van der Waals surface area contributed by atoms with Crippen LogP contribution in [0.2, 0.25) is 18.1 Å². The van der Waals surface area contributed by atoms with Crippen molar-refractivity contribution in [1.29, 1.82) is 5.26 Å². The van der Waals surface area contributed by atoms with Crippen LogP contribution in [0.25, 0.3) is 11.2 Å². The van der Waals surface area contributed by atoms with Gasteiger partial charge < -0.3 is 38.4 Å². The third-order valence-corrected chi connectivity index (χ3v) is 21.3. The molecule has 0 bridgehead atoms. The topological polar surface area (TPSA) is 175 Å². The molecule has 17 heteroatoms. The highest BCUT2D eigenvalue weighted by Crippen LogP contribution is 2.54. The second-order valence-electron chi connectivity index (χ2n) is 19.5. The molecule has 2 N–H and O–H groups in total. The first kappa shape index (κ1) is 52.2. The number of methoxy groups -OCH3 is 2. The van der Waals surface area contributed by atoms with Crippen molar-refractivity contribution in [3.63, 3.8) is 0 Å². The van der Waals surface area contributed by atoms with Crippen LogP contribution in [0.1, 0.15) is 88.2 Å². The summed E-state index contributed by atoms with van der Waals surface area (Å²) >= 11 is 0. The van der Waals surface area contributed by atoms with E-state index in [0.717, 1.165) is 16.7 Å². The zero-order chi connectivity index (χ0) is 50.4. The minimum Gasteiger partial charge on any atom is -0.497 e. The summed E-state index contributed by atoms with van der Waals surface area (Å²) in [6, 6.07) is 36.9. The van der Waals surface area contributed by atoms with Gasteiger partial charge in [0.2, 0.25) is 0 Å². The normalized spacial score (nSPS) is 18.5.